The Bertz CT molecular complexity index is 716. The molecule has 1 aromatic heterocycles. The van der Waals surface area contributed by atoms with Gasteiger partial charge in [-0.2, -0.15) is 0 Å². The van der Waals surface area contributed by atoms with E-state index in [0.29, 0.717) is 31.8 Å². The van der Waals surface area contributed by atoms with E-state index < -0.39 is 0 Å². The Labute approximate surface area is 150 Å². The van der Waals surface area contributed by atoms with Crippen molar-refractivity contribution in [3.8, 4) is 5.75 Å². The van der Waals surface area contributed by atoms with Crippen LogP contribution in [0.4, 0.5) is 10.5 Å². The Morgan fingerprint density at radius 3 is 2.88 bits per heavy atom. The lowest BCUT2D eigenvalue weighted by atomic mass is 10.3. The van der Waals surface area contributed by atoms with E-state index in [9.17, 15) is 9.59 Å². The number of urea groups is 1. The first-order valence-corrected chi connectivity index (χ1v) is 9.09. The smallest absolute Gasteiger partial charge is 0.322 e. The third-order valence-electron chi connectivity index (χ3n) is 4.03. The second-order valence-corrected chi connectivity index (χ2v) is 6.95. The van der Waals surface area contributed by atoms with Crippen molar-refractivity contribution in [2.45, 2.75) is 26.0 Å². The minimum Gasteiger partial charge on any atom is -0.488 e. The molecule has 2 N–H and O–H groups in total. The second kappa shape index (κ2) is 8.02. The molecule has 1 aromatic carbocycles. The normalized spacial score (nSPS) is 17.6. The van der Waals surface area contributed by atoms with Gasteiger partial charge in [0.2, 0.25) is 5.91 Å². The van der Waals surface area contributed by atoms with E-state index in [0.717, 1.165) is 10.6 Å². The molecule has 2 heterocycles. The monoisotopic (exact) mass is 359 g/mol. The van der Waals surface area contributed by atoms with E-state index in [4.69, 9.17) is 4.74 Å². The third-order valence-corrected chi connectivity index (χ3v) is 4.88. The number of anilines is 1. The highest BCUT2D eigenvalue weighted by molar-refractivity contribution is 7.09. The summed E-state index contributed by atoms with van der Waals surface area (Å²) in [6.45, 7) is 3.35. The molecular weight excluding hydrogens is 338 g/mol. The summed E-state index contributed by atoms with van der Waals surface area (Å²) in [5.74, 6) is 0.735. The van der Waals surface area contributed by atoms with Crippen molar-refractivity contribution < 1.29 is 14.3 Å². The summed E-state index contributed by atoms with van der Waals surface area (Å²) in [6.07, 6.45) is 0.327. The lowest BCUT2D eigenvalue weighted by Gasteiger charge is -2.26. The Hall–Kier alpha value is -2.54. The fourth-order valence-electron chi connectivity index (χ4n) is 2.58. The Morgan fingerprint density at radius 1 is 1.36 bits per heavy atom. The SMILES string of the molecule is C[C@H]1CNC(=O)CCN1C(=O)Nc1ccc(OCc2cccs2)cc1. The zero-order valence-corrected chi connectivity index (χ0v) is 14.8. The molecule has 1 atom stereocenters. The van der Waals surface area contributed by atoms with E-state index in [-0.39, 0.29) is 18.0 Å². The molecule has 0 saturated carbocycles. The fourth-order valence-corrected chi connectivity index (χ4v) is 3.20. The van der Waals surface area contributed by atoms with E-state index in [2.05, 4.69) is 10.6 Å². The average Bonchev–Trinajstić information content (AvgIpc) is 3.07. The molecule has 0 bridgehead atoms. The number of benzene rings is 1. The molecule has 0 unspecified atom stereocenters. The number of thiophene rings is 1. The number of carbonyl (C=O) groups is 2. The summed E-state index contributed by atoms with van der Waals surface area (Å²) in [7, 11) is 0. The van der Waals surface area contributed by atoms with Crippen LogP contribution in [0.5, 0.6) is 5.75 Å². The van der Waals surface area contributed by atoms with Gasteiger partial charge in [0.25, 0.3) is 0 Å². The van der Waals surface area contributed by atoms with E-state index in [1.54, 1.807) is 16.2 Å². The molecule has 2 aromatic rings. The molecule has 25 heavy (non-hydrogen) atoms. The van der Waals surface area contributed by atoms with Gasteiger partial charge in [0.15, 0.2) is 0 Å². The molecule has 132 valence electrons. The van der Waals surface area contributed by atoms with E-state index in [1.807, 2.05) is 48.7 Å². The van der Waals surface area contributed by atoms with Crippen LogP contribution in [-0.4, -0.2) is 36.0 Å². The number of amides is 3. The van der Waals surface area contributed by atoms with Gasteiger partial charge < -0.3 is 20.3 Å². The van der Waals surface area contributed by atoms with Crippen molar-refractivity contribution in [2.24, 2.45) is 0 Å². The van der Waals surface area contributed by atoms with Gasteiger partial charge >= 0.3 is 6.03 Å². The molecule has 7 heteroatoms. The molecule has 0 radical (unpaired) electrons. The number of nitrogens with zero attached hydrogens (tertiary/aromatic N) is 1. The van der Waals surface area contributed by atoms with Crippen molar-refractivity contribution >= 4 is 29.0 Å². The fraction of sp³-hybridized carbons (Fsp3) is 0.333. The number of hydrogen-bond acceptors (Lipinski definition) is 4. The maximum atomic E-state index is 12.4. The van der Waals surface area contributed by atoms with Crippen LogP contribution in [0.2, 0.25) is 0 Å². The highest BCUT2D eigenvalue weighted by Gasteiger charge is 2.24. The predicted molar refractivity (Wildman–Crippen MR) is 97.9 cm³/mol. The largest absolute Gasteiger partial charge is 0.488 e. The number of carbonyl (C=O) groups excluding carboxylic acids is 2. The van der Waals surface area contributed by atoms with Crippen LogP contribution in [-0.2, 0) is 11.4 Å². The maximum Gasteiger partial charge on any atom is 0.322 e. The summed E-state index contributed by atoms with van der Waals surface area (Å²) in [5, 5.41) is 7.69. The van der Waals surface area contributed by atoms with Crippen LogP contribution in [0, 0.1) is 0 Å². The van der Waals surface area contributed by atoms with Gasteiger partial charge in [-0.3, -0.25) is 4.79 Å². The van der Waals surface area contributed by atoms with Crippen LogP contribution in [0.25, 0.3) is 0 Å². The second-order valence-electron chi connectivity index (χ2n) is 5.92. The van der Waals surface area contributed by atoms with Gasteiger partial charge in [0, 0.05) is 36.1 Å². The predicted octanol–water partition coefficient (Wildman–Crippen LogP) is 3.07. The minimum atomic E-state index is -0.198. The topological polar surface area (TPSA) is 70.7 Å². The molecule has 3 rings (SSSR count). The van der Waals surface area contributed by atoms with Gasteiger partial charge in [-0.1, -0.05) is 6.07 Å². The summed E-state index contributed by atoms with van der Waals surface area (Å²) in [5.41, 5.74) is 0.698. The van der Waals surface area contributed by atoms with E-state index in [1.165, 1.54) is 0 Å². The molecule has 6 nitrogen and oxygen atoms in total. The standard InChI is InChI=1S/C18H21N3O3S/c1-13-11-19-17(22)8-9-21(13)18(23)20-14-4-6-15(7-5-14)24-12-16-3-2-10-25-16/h2-7,10,13H,8-9,11-12H2,1H3,(H,19,22)(H,20,23)/t13-/m0/s1. The van der Waals surface area contributed by atoms with Crippen molar-refractivity contribution in [1.82, 2.24) is 10.2 Å². The lowest BCUT2D eigenvalue weighted by molar-refractivity contribution is -0.120. The summed E-state index contributed by atoms with van der Waals surface area (Å²) < 4.78 is 5.71. The van der Waals surface area contributed by atoms with Crippen molar-refractivity contribution in [3.05, 3.63) is 46.7 Å². The van der Waals surface area contributed by atoms with E-state index >= 15 is 0 Å². The first-order valence-electron chi connectivity index (χ1n) is 8.21. The molecule has 1 aliphatic heterocycles. The molecule has 3 amide bonds. The maximum absolute atomic E-state index is 12.4. The molecular formula is C18H21N3O3S. The Kier molecular flexibility index (Phi) is 5.55. The van der Waals surface area contributed by atoms with Crippen molar-refractivity contribution in [2.75, 3.05) is 18.4 Å². The highest BCUT2D eigenvalue weighted by Crippen LogP contribution is 2.19. The van der Waals surface area contributed by atoms with Crippen LogP contribution in [0.1, 0.15) is 18.2 Å². The molecule has 1 saturated heterocycles. The zero-order valence-electron chi connectivity index (χ0n) is 14.0. The van der Waals surface area contributed by atoms with Crippen LogP contribution < -0.4 is 15.4 Å². The molecule has 0 spiro atoms. The Morgan fingerprint density at radius 2 is 2.16 bits per heavy atom. The van der Waals surface area contributed by atoms with Crippen LogP contribution >= 0.6 is 11.3 Å². The first-order chi connectivity index (χ1) is 12.1. The summed E-state index contributed by atoms with van der Waals surface area (Å²) in [4.78, 5) is 26.7. The molecule has 1 fully saturated rings. The molecule has 0 aliphatic carbocycles. The Balaban J connectivity index is 1.55. The van der Waals surface area contributed by atoms with Crippen LogP contribution in [0.3, 0.4) is 0 Å². The average molecular weight is 359 g/mol. The third kappa shape index (κ3) is 4.73. The van der Waals surface area contributed by atoms with Gasteiger partial charge in [-0.05, 0) is 42.6 Å². The quantitative estimate of drug-likeness (QED) is 0.881. The number of hydrogen-bond donors (Lipinski definition) is 2. The minimum absolute atomic E-state index is 0.0191. The van der Waals surface area contributed by atoms with Gasteiger partial charge in [-0.25, -0.2) is 4.79 Å². The molecule has 1 aliphatic rings. The number of ether oxygens (including phenoxy) is 1. The summed E-state index contributed by atoms with van der Waals surface area (Å²) >= 11 is 1.65. The van der Waals surface area contributed by atoms with Crippen molar-refractivity contribution in [3.63, 3.8) is 0 Å². The summed E-state index contributed by atoms with van der Waals surface area (Å²) in [6, 6.07) is 11.1. The number of rotatable bonds is 4. The van der Waals surface area contributed by atoms with Gasteiger partial charge in [-0.15, -0.1) is 11.3 Å². The van der Waals surface area contributed by atoms with Crippen LogP contribution in [0.15, 0.2) is 41.8 Å². The lowest BCUT2D eigenvalue weighted by Crippen LogP contribution is -2.44. The zero-order chi connectivity index (χ0) is 17.6. The van der Waals surface area contributed by atoms with Crippen molar-refractivity contribution in [1.29, 1.82) is 0 Å². The van der Waals surface area contributed by atoms with Gasteiger partial charge in [0.1, 0.15) is 12.4 Å². The number of nitrogens with one attached hydrogen (secondary N) is 2. The first kappa shape index (κ1) is 17.3. The van der Waals surface area contributed by atoms with Gasteiger partial charge in [0.05, 0.1) is 0 Å². The highest BCUT2D eigenvalue weighted by atomic mass is 32.1.